The SMILES string of the molecule is COCC(O)CN(Cc1ccccc1)[C@@H](C)CCl. The number of halogens is 1. The van der Waals surface area contributed by atoms with Crippen molar-refractivity contribution in [3.8, 4) is 0 Å². The van der Waals surface area contributed by atoms with Gasteiger partial charge < -0.3 is 9.84 Å². The second-order valence-electron chi connectivity index (χ2n) is 4.53. The maximum Gasteiger partial charge on any atom is 0.0900 e. The standard InChI is InChI=1S/C14H22ClNO2/c1-12(8-15)16(10-14(17)11-18-2)9-13-6-4-3-5-7-13/h3-7,12,14,17H,8-11H2,1-2H3/t12-,14?/m0/s1. The first-order valence-corrected chi connectivity index (χ1v) is 6.71. The number of methoxy groups -OCH3 is 1. The predicted molar refractivity (Wildman–Crippen MR) is 74.9 cm³/mol. The van der Waals surface area contributed by atoms with Crippen LogP contribution in [-0.4, -0.2) is 48.3 Å². The van der Waals surface area contributed by atoms with Crippen LogP contribution in [0.25, 0.3) is 0 Å². The van der Waals surface area contributed by atoms with E-state index in [0.717, 1.165) is 6.54 Å². The molecule has 1 aromatic carbocycles. The van der Waals surface area contributed by atoms with Crippen molar-refractivity contribution in [1.82, 2.24) is 4.90 Å². The van der Waals surface area contributed by atoms with Crippen molar-refractivity contribution in [2.75, 3.05) is 26.1 Å². The summed E-state index contributed by atoms with van der Waals surface area (Å²) < 4.78 is 4.96. The first-order chi connectivity index (χ1) is 8.67. The number of alkyl halides is 1. The molecule has 0 spiro atoms. The van der Waals surface area contributed by atoms with E-state index < -0.39 is 6.10 Å². The van der Waals surface area contributed by atoms with Crippen LogP contribution in [0.4, 0.5) is 0 Å². The van der Waals surface area contributed by atoms with E-state index in [1.54, 1.807) is 7.11 Å². The highest BCUT2D eigenvalue weighted by Gasteiger charge is 2.17. The molecule has 18 heavy (non-hydrogen) atoms. The Kier molecular flexibility index (Phi) is 7.28. The van der Waals surface area contributed by atoms with Crippen LogP contribution >= 0.6 is 11.6 Å². The molecule has 0 heterocycles. The van der Waals surface area contributed by atoms with Gasteiger partial charge in [0.1, 0.15) is 0 Å². The maximum absolute atomic E-state index is 9.83. The number of aliphatic hydroxyl groups is 1. The minimum Gasteiger partial charge on any atom is -0.389 e. The molecule has 1 N–H and O–H groups in total. The normalized spacial score (nSPS) is 14.7. The Bertz CT molecular complexity index is 321. The van der Waals surface area contributed by atoms with E-state index in [4.69, 9.17) is 16.3 Å². The summed E-state index contributed by atoms with van der Waals surface area (Å²) in [6, 6.07) is 10.4. The molecule has 0 aliphatic rings. The van der Waals surface area contributed by atoms with Crippen LogP contribution in [0.15, 0.2) is 30.3 Å². The molecular formula is C14H22ClNO2. The van der Waals surface area contributed by atoms with Crippen LogP contribution in [0.2, 0.25) is 0 Å². The number of hydrogen-bond acceptors (Lipinski definition) is 3. The lowest BCUT2D eigenvalue weighted by atomic mass is 10.1. The number of benzene rings is 1. The van der Waals surface area contributed by atoms with Gasteiger partial charge in [-0.2, -0.15) is 0 Å². The highest BCUT2D eigenvalue weighted by atomic mass is 35.5. The molecule has 0 aliphatic carbocycles. The quantitative estimate of drug-likeness (QED) is 0.735. The van der Waals surface area contributed by atoms with Gasteiger partial charge in [-0.25, -0.2) is 0 Å². The van der Waals surface area contributed by atoms with Gasteiger partial charge in [-0.3, -0.25) is 4.90 Å². The summed E-state index contributed by atoms with van der Waals surface area (Å²) in [5, 5.41) is 9.83. The molecule has 0 aromatic heterocycles. The van der Waals surface area contributed by atoms with Crippen LogP contribution < -0.4 is 0 Å². The smallest absolute Gasteiger partial charge is 0.0900 e. The number of hydrogen-bond donors (Lipinski definition) is 1. The zero-order valence-electron chi connectivity index (χ0n) is 11.1. The zero-order chi connectivity index (χ0) is 13.4. The Morgan fingerprint density at radius 2 is 2.00 bits per heavy atom. The Balaban J connectivity index is 2.61. The van der Waals surface area contributed by atoms with Gasteiger partial charge >= 0.3 is 0 Å². The molecule has 1 aromatic rings. The van der Waals surface area contributed by atoms with E-state index >= 15 is 0 Å². The number of aliphatic hydroxyl groups excluding tert-OH is 1. The molecule has 0 amide bonds. The Morgan fingerprint density at radius 3 is 2.56 bits per heavy atom. The predicted octanol–water partition coefficient (Wildman–Crippen LogP) is 2.12. The average molecular weight is 272 g/mol. The number of ether oxygens (including phenoxy) is 1. The molecule has 4 heteroatoms. The second-order valence-corrected chi connectivity index (χ2v) is 4.84. The van der Waals surface area contributed by atoms with Crippen LogP contribution in [0.1, 0.15) is 12.5 Å². The highest BCUT2D eigenvalue weighted by Crippen LogP contribution is 2.10. The van der Waals surface area contributed by atoms with E-state index in [1.165, 1.54) is 5.56 Å². The summed E-state index contributed by atoms with van der Waals surface area (Å²) >= 11 is 5.92. The molecule has 1 unspecified atom stereocenters. The van der Waals surface area contributed by atoms with E-state index in [2.05, 4.69) is 24.0 Å². The fourth-order valence-corrected chi connectivity index (χ4v) is 2.03. The molecular weight excluding hydrogens is 250 g/mol. The van der Waals surface area contributed by atoms with Gasteiger partial charge in [0.15, 0.2) is 0 Å². The largest absolute Gasteiger partial charge is 0.389 e. The minimum atomic E-state index is -0.482. The van der Waals surface area contributed by atoms with Crippen LogP contribution in [0.3, 0.4) is 0 Å². The topological polar surface area (TPSA) is 32.7 Å². The monoisotopic (exact) mass is 271 g/mol. The summed E-state index contributed by atoms with van der Waals surface area (Å²) in [7, 11) is 1.59. The van der Waals surface area contributed by atoms with Crippen molar-refractivity contribution in [1.29, 1.82) is 0 Å². The Labute approximate surface area is 114 Å². The first kappa shape index (κ1) is 15.4. The third-order valence-corrected chi connectivity index (χ3v) is 3.33. The molecule has 2 atom stereocenters. The fraction of sp³-hybridized carbons (Fsp3) is 0.571. The first-order valence-electron chi connectivity index (χ1n) is 6.18. The fourth-order valence-electron chi connectivity index (χ4n) is 1.83. The van der Waals surface area contributed by atoms with Gasteiger partial charge in [-0.05, 0) is 12.5 Å². The highest BCUT2D eigenvalue weighted by molar-refractivity contribution is 6.18. The second kappa shape index (κ2) is 8.48. The van der Waals surface area contributed by atoms with E-state index in [9.17, 15) is 5.11 Å². The summed E-state index contributed by atoms with van der Waals surface area (Å²) in [6.45, 7) is 3.77. The molecule has 0 aliphatic heterocycles. The van der Waals surface area contributed by atoms with Gasteiger partial charge in [0, 0.05) is 32.1 Å². The van der Waals surface area contributed by atoms with Crippen molar-refractivity contribution in [3.05, 3.63) is 35.9 Å². The van der Waals surface area contributed by atoms with Crippen molar-refractivity contribution in [2.24, 2.45) is 0 Å². The Hall–Kier alpha value is -0.610. The number of rotatable bonds is 8. The third-order valence-electron chi connectivity index (χ3n) is 2.88. The lowest BCUT2D eigenvalue weighted by molar-refractivity contribution is 0.0283. The van der Waals surface area contributed by atoms with Crippen molar-refractivity contribution in [2.45, 2.75) is 25.6 Å². The van der Waals surface area contributed by atoms with Crippen molar-refractivity contribution >= 4 is 11.6 Å². The molecule has 3 nitrogen and oxygen atoms in total. The number of nitrogens with zero attached hydrogens (tertiary/aromatic N) is 1. The maximum atomic E-state index is 9.83. The third kappa shape index (κ3) is 5.36. The van der Waals surface area contributed by atoms with E-state index in [1.807, 2.05) is 18.2 Å². The summed E-state index contributed by atoms with van der Waals surface area (Å²) in [4.78, 5) is 2.17. The van der Waals surface area contributed by atoms with Gasteiger partial charge in [0.2, 0.25) is 0 Å². The van der Waals surface area contributed by atoms with E-state index in [-0.39, 0.29) is 6.04 Å². The average Bonchev–Trinajstić information content (AvgIpc) is 2.38. The van der Waals surface area contributed by atoms with Crippen LogP contribution in [0.5, 0.6) is 0 Å². The summed E-state index contributed by atoms with van der Waals surface area (Å²) in [5.74, 6) is 0.548. The Morgan fingerprint density at radius 1 is 1.33 bits per heavy atom. The molecule has 0 saturated carbocycles. The van der Waals surface area contributed by atoms with Crippen molar-refractivity contribution in [3.63, 3.8) is 0 Å². The summed E-state index contributed by atoms with van der Waals surface area (Å²) in [6.07, 6.45) is -0.482. The van der Waals surface area contributed by atoms with Crippen LogP contribution in [0, 0.1) is 0 Å². The molecule has 0 fully saturated rings. The van der Waals surface area contributed by atoms with Crippen LogP contribution in [-0.2, 0) is 11.3 Å². The minimum absolute atomic E-state index is 0.221. The molecule has 102 valence electrons. The lowest BCUT2D eigenvalue weighted by Gasteiger charge is -2.29. The molecule has 0 saturated heterocycles. The van der Waals surface area contributed by atoms with Gasteiger partial charge in [0.25, 0.3) is 0 Å². The van der Waals surface area contributed by atoms with E-state index in [0.29, 0.717) is 19.0 Å². The summed E-state index contributed by atoms with van der Waals surface area (Å²) in [5.41, 5.74) is 1.22. The van der Waals surface area contributed by atoms with Gasteiger partial charge in [0.05, 0.1) is 12.7 Å². The zero-order valence-corrected chi connectivity index (χ0v) is 11.8. The molecule has 0 bridgehead atoms. The van der Waals surface area contributed by atoms with Gasteiger partial charge in [-0.15, -0.1) is 11.6 Å². The molecule has 1 rings (SSSR count). The van der Waals surface area contributed by atoms with Gasteiger partial charge in [-0.1, -0.05) is 30.3 Å². The lowest BCUT2D eigenvalue weighted by Crippen LogP contribution is -2.40. The molecule has 0 radical (unpaired) electrons. The van der Waals surface area contributed by atoms with Crippen molar-refractivity contribution < 1.29 is 9.84 Å².